The molecule has 1 aliphatic rings. The SMILES string of the molecule is CCOC1(C#N)OC(=NC(C)(C)C)c2ccccc21. The Morgan fingerprint density at radius 1 is 1.37 bits per heavy atom. The van der Waals surface area contributed by atoms with E-state index in [0.29, 0.717) is 12.5 Å². The third kappa shape index (κ3) is 2.47. The van der Waals surface area contributed by atoms with E-state index in [9.17, 15) is 5.26 Å². The van der Waals surface area contributed by atoms with Crippen molar-refractivity contribution in [2.75, 3.05) is 6.61 Å². The Morgan fingerprint density at radius 3 is 2.63 bits per heavy atom. The number of hydrogen-bond donors (Lipinski definition) is 0. The Labute approximate surface area is 113 Å². The summed E-state index contributed by atoms with van der Waals surface area (Å²) in [5.41, 5.74) is 1.27. The van der Waals surface area contributed by atoms with E-state index < -0.39 is 5.79 Å². The van der Waals surface area contributed by atoms with Gasteiger partial charge in [-0.3, -0.25) is 0 Å². The highest BCUT2D eigenvalue weighted by Gasteiger charge is 2.46. The second-order valence-corrected chi connectivity index (χ2v) is 5.40. The summed E-state index contributed by atoms with van der Waals surface area (Å²) in [6.45, 7) is 8.19. The predicted octanol–water partition coefficient (Wildman–Crippen LogP) is 2.97. The van der Waals surface area contributed by atoms with E-state index in [1.165, 1.54) is 0 Å². The zero-order chi connectivity index (χ0) is 14.1. The van der Waals surface area contributed by atoms with Gasteiger partial charge in [0.15, 0.2) is 0 Å². The fourth-order valence-electron chi connectivity index (χ4n) is 2.02. The molecule has 0 amide bonds. The summed E-state index contributed by atoms with van der Waals surface area (Å²) in [7, 11) is 0. The lowest BCUT2D eigenvalue weighted by molar-refractivity contribution is -0.145. The summed E-state index contributed by atoms with van der Waals surface area (Å²) in [6, 6.07) is 9.64. The second-order valence-electron chi connectivity index (χ2n) is 5.40. The summed E-state index contributed by atoms with van der Waals surface area (Å²) in [4.78, 5) is 4.54. The Hall–Kier alpha value is -1.86. The molecule has 2 rings (SSSR count). The smallest absolute Gasteiger partial charge is 0.330 e. The van der Waals surface area contributed by atoms with Crippen molar-refractivity contribution < 1.29 is 9.47 Å². The number of rotatable bonds is 2. The third-order valence-corrected chi connectivity index (χ3v) is 2.68. The van der Waals surface area contributed by atoms with Crippen LogP contribution in [0.15, 0.2) is 29.3 Å². The van der Waals surface area contributed by atoms with Gasteiger partial charge in [0.2, 0.25) is 5.90 Å². The molecule has 1 aliphatic heterocycles. The van der Waals surface area contributed by atoms with Crippen molar-refractivity contribution in [3.63, 3.8) is 0 Å². The Bertz CT molecular complexity index is 552. The topological polar surface area (TPSA) is 54.6 Å². The summed E-state index contributed by atoms with van der Waals surface area (Å²) < 4.78 is 11.3. The van der Waals surface area contributed by atoms with Crippen LogP contribution in [0.3, 0.4) is 0 Å². The van der Waals surface area contributed by atoms with E-state index in [1.807, 2.05) is 52.0 Å². The molecule has 1 atom stereocenters. The molecule has 0 bridgehead atoms. The van der Waals surface area contributed by atoms with Gasteiger partial charge in [-0.2, -0.15) is 5.26 Å². The minimum atomic E-state index is -1.37. The standard InChI is InChI=1S/C15H18N2O2/c1-5-18-15(10-16)12-9-7-6-8-11(12)13(19-15)17-14(2,3)4/h6-9H,5H2,1-4H3. The average Bonchev–Trinajstić information content (AvgIpc) is 2.64. The van der Waals surface area contributed by atoms with Crippen molar-refractivity contribution in [3.05, 3.63) is 35.4 Å². The molecule has 19 heavy (non-hydrogen) atoms. The molecule has 0 spiro atoms. The van der Waals surface area contributed by atoms with Crippen LogP contribution in [0.25, 0.3) is 0 Å². The van der Waals surface area contributed by atoms with Gasteiger partial charge in [-0.25, -0.2) is 4.99 Å². The summed E-state index contributed by atoms with van der Waals surface area (Å²) in [6.07, 6.45) is 0. The number of aliphatic imine (C=N–C) groups is 1. The minimum absolute atomic E-state index is 0.278. The van der Waals surface area contributed by atoms with E-state index in [4.69, 9.17) is 9.47 Å². The van der Waals surface area contributed by atoms with E-state index in [0.717, 1.165) is 11.1 Å². The van der Waals surface area contributed by atoms with Gasteiger partial charge >= 0.3 is 5.79 Å². The summed E-state index contributed by atoms with van der Waals surface area (Å²) in [5, 5.41) is 9.46. The van der Waals surface area contributed by atoms with E-state index in [1.54, 1.807) is 0 Å². The molecule has 4 nitrogen and oxygen atoms in total. The number of benzene rings is 1. The molecule has 0 N–H and O–H groups in total. The van der Waals surface area contributed by atoms with Crippen LogP contribution in [-0.2, 0) is 15.3 Å². The number of nitrogens with zero attached hydrogens (tertiary/aromatic N) is 2. The zero-order valence-corrected chi connectivity index (χ0v) is 11.7. The van der Waals surface area contributed by atoms with Gasteiger partial charge in [-0.1, -0.05) is 18.2 Å². The van der Waals surface area contributed by atoms with E-state index >= 15 is 0 Å². The number of hydrogen-bond acceptors (Lipinski definition) is 4. The molecule has 0 saturated carbocycles. The molecule has 0 radical (unpaired) electrons. The molecular weight excluding hydrogens is 240 g/mol. The highest BCUT2D eigenvalue weighted by molar-refractivity contribution is 5.99. The van der Waals surface area contributed by atoms with Gasteiger partial charge < -0.3 is 9.47 Å². The largest absolute Gasteiger partial charge is 0.427 e. The van der Waals surface area contributed by atoms with Crippen molar-refractivity contribution in [2.24, 2.45) is 4.99 Å². The van der Waals surface area contributed by atoms with Crippen LogP contribution >= 0.6 is 0 Å². The monoisotopic (exact) mass is 258 g/mol. The lowest BCUT2D eigenvalue weighted by atomic mass is 10.0. The second kappa shape index (κ2) is 4.67. The van der Waals surface area contributed by atoms with Gasteiger partial charge in [-0.15, -0.1) is 0 Å². The number of nitriles is 1. The van der Waals surface area contributed by atoms with E-state index in [-0.39, 0.29) is 5.54 Å². The summed E-state index contributed by atoms with van der Waals surface area (Å²) >= 11 is 0. The maximum absolute atomic E-state index is 9.46. The normalized spacial score (nSPS) is 23.8. The molecule has 1 aromatic rings. The molecule has 0 aliphatic carbocycles. The Balaban J connectivity index is 2.57. The predicted molar refractivity (Wildman–Crippen MR) is 72.7 cm³/mol. The fourth-order valence-corrected chi connectivity index (χ4v) is 2.02. The molecular formula is C15H18N2O2. The molecule has 0 fully saturated rings. The van der Waals surface area contributed by atoms with Crippen LogP contribution in [-0.4, -0.2) is 18.0 Å². The van der Waals surface area contributed by atoms with E-state index in [2.05, 4.69) is 11.1 Å². The highest BCUT2D eigenvalue weighted by atomic mass is 16.7. The zero-order valence-electron chi connectivity index (χ0n) is 11.7. The first kappa shape index (κ1) is 13.6. The third-order valence-electron chi connectivity index (χ3n) is 2.68. The maximum atomic E-state index is 9.46. The van der Waals surface area contributed by atoms with Crippen LogP contribution in [0.5, 0.6) is 0 Å². The van der Waals surface area contributed by atoms with Gasteiger partial charge in [0, 0.05) is 12.2 Å². The lowest BCUT2D eigenvalue weighted by Gasteiger charge is -2.21. The van der Waals surface area contributed by atoms with Crippen LogP contribution < -0.4 is 0 Å². The first-order valence-corrected chi connectivity index (χ1v) is 6.36. The quantitative estimate of drug-likeness (QED) is 0.819. The number of ether oxygens (including phenoxy) is 2. The lowest BCUT2D eigenvalue weighted by Crippen LogP contribution is -2.28. The van der Waals surface area contributed by atoms with Gasteiger partial charge in [0.05, 0.1) is 11.1 Å². The van der Waals surface area contributed by atoms with Crippen molar-refractivity contribution >= 4 is 5.90 Å². The van der Waals surface area contributed by atoms with Crippen LogP contribution in [0.4, 0.5) is 0 Å². The van der Waals surface area contributed by atoms with Gasteiger partial charge in [0.1, 0.15) is 6.07 Å². The Kier molecular flexibility index (Phi) is 3.34. The van der Waals surface area contributed by atoms with Crippen LogP contribution in [0.1, 0.15) is 38.8 Å². The van der Waals surface area contributed by atoms with Crippen molar-refractivity contribution in [2.45, 2.75) is 39.0 Å². The van der Waals surface area contributed by atoms with Crippen molar-refractivity contribution in [1.82, 2.24) is 0 Å². The minimum Gasteiger partial charge on any atom is -0.427 e. The molecule has 100 valence electrons. The van der Waals surface area contributed by atoms with Crippen molar-refractivity contribution in [1.29, 1.82) is 5.26 Å². The van der Waals surface area contributed by atoms with Crippen LogP contribution in [0, 0.1) is 11.3 Å². The Morgan fingerprint density at radius 2 is 2.05 bits per heavy atom. The molecule has 0 saturated heterocycles. The molecule has 1 unspecified atom stereocenters. The molecule has 1 heterocycles. The first-order chi connectivity index (χ1) is 8.92. The molecule has 4 heteroatoms. The summed E-state index contributed by atoms with van der Waals surface area (Å²) in [5.74, 6) is -0.895. The molecule has 0 aromatic heterocycles. The van der Waals surface area contributed by atoms with Crippen LogP contribution in [0.2, 0.25) is 0 Å². The van der Waals surface area contributed by atoms with Gasteiger partial charge in [-0.05, 0) is 33.8 Å². The first-order valence-electron chi connectivity index (χ1n) is 6.36. The highest BCUT2D eigenvalue weighted by Crippen LogP contribution is 2.38. The maximum Gasteiger partial charge on any atom is 0.330 e. The van der Waals surface area contributed by atoms with Gasteiger partial charge in [0.25, 0.3) is 0 Å². The fraction of sp³-hybridized carbons (Fsp3) is 0.467. The van der Waals surface area contributed by atoms with Crippen molar-refractivity contribution in [3.8, 4) is 6.07 Å². The number of fused-ring (bicyclic) bond motifs is 1. The average molecular weight is 258 g/mol. The molecule has 1 aromatic carbocycles.